The SMILES string of the molecule is N#CCSC1O[C@H](CO)[C@@H](O)[C@H](O)[C@@H]1O. The van der Waals surface area contributed by atoms with Crippen LogP contribution in [0.25, 0.3) is 0 Å². The van der Waals surface area contributed by atoms with Gasteiger partial charge in [0.25, 0.3) is 0 Å². The second-order valence-electron chi connectivity index (χ2n) is 3.17. The van der Waals surface area contributed by atoms with Gasteiger partial charge in [-0.2, -0.15) is 5.26 Å². The van der Waals surface area contributed by atoms with Crippen LogP contribution in [0.2, 0.25) is 0 Å². The predicted molar refractivity (Wildman–Crippen MR) is 51.8 cm³/mol. The highest BCUT2D eigenvalue weighted by molar-refractivity contribution is 8.00. The van der Waals surface area contributed by atoms with E-state index in [0.717, 1.165) is 11.8 Å². The lowest BCUT2D eigenvalue weighted by molar-refractivity contribution is -0.205. The Kier molecular flexibility index (Phi) is 4.79. The third-order valence-electron chi connectivity index (χ3n) is 2.16. The summed E-state index contributed by atoms with van der Waals surface area (Å²) in [4.78, 5) is 0. The molecule has 7 heteroatoms. The van der Waals surface area contributed by atoms with E-state index in [2.05, 4.69) is 0 Å². The smallest absolute Gasteiger partial charge is 0.133 e. The molecule has 1 unspecified atom stereocenters. The number of aliphatic hydroxyl groups is 4. The van der Waals surface area contributed by atoms with Gasteiger partial charge in [-0.1, -0.05) is 0 Å². The minimum atomic E-state index is -1.37. The van der Waals surface area contributed by atoms with E-state index in [4.69, 9.17) is 15.1 Å². The second-order valence-corrected chi connectivity index (χ2v) is 4.25. The second kappa shape index (κ2) is 5.65. The van der Waals surface area contributed by atoms with Gasteiger partial charge in [0, 0.05) is 0 Å². The highest BCUT2D eigenvalue weighted by Crippen LogP contribution is 2.27. The Bertz CT molecular complexity index is 244. The molecule has 0 spiro atoms. The van der Waals surface area contributed by atoms with Gasteiger partial charge in [0.05, 0.1) is 18.4 Å². The predicted octanol–water partition coefficient (Wildman–Crippen LogP) is -1.96. The zero-order chi connectivity index (χ0) is 11.4. The van der Waals surface area contributed by atoms with E-state index < -0.39 is 36.5 Å². The Morgan fingerprint density at radius 2 is 1.87 bits per heavy atom. The van der Waals surface area contributed by atoms with Crippen molar-refractivity contribution in [3.05, 3.63) is 0 Å². The van der Waals surface area contributed by atoms with Crippen molar-refractivity contribution in [2.75, 3.05) is 12.4 Å². The molecular weight excluding hydrogens is 222 g/mol. The lowest BCUT2D eigenvalue weighted by Gasteiger charge is -2.39. The van der Waals surface area contributed by atoms with Gasteiger partial charge >= 0.3 is 0 Å². The van der Waals surface area contributed by atoms with Crippen molar-refractivity contribution in [3.63, 3.8) is 0 Å². The van der Waals surface area contributed by atoms with Crippen LogP contribution in [-0.2, 0) is 4.74 Å². The largest absolute Gasteiger partial charge is 0.394 e. The molecule has 86 valence electrons. The molecule has 5 atom stereocenters. The number of hydrogen-bond donors (Lipinski definition) is 4. The number of thioether (sulfide) groups is 1. The van der Waals surface area contributed by atoms with Crippen LogP contribution < -0.4 is 0 Å². The van der Waals surface area contributed by atoms with E-state index in [9.17, 15) is 15.3 Å². The van der Waals surface area contributed by atoms with E-state index >= 15 is 0 Å². The topological polar surface area (TPSA) is 114 Å². The molecule has 0 radical (unpaired) electrons. The van der Waals surface area contributed by atoms with E-state index in [1.807, 2.05) is 6.07 Å². The fourth-order valence-electron chi connectivity index (χ4n) is 1.32. The van der Waals surface area contributed by atoms with Crippen LogP contribution in [0.15, 0.2) is 0 Å². The quantitative estimate of drug-likeness (QED) is 0.449. The van der Waals surface area contributed by atoms with Crippen molar-refractivity contribution in [1.82, 2.24) is 0 Å². The van der Waals surface area contributed by atoms with Gasteiger partial charge in [-0.05, 0) is 0 Å². The fourth-order valence-corrected chi connectivity index (χ4v) is 2.14. The van der Waals surface area contributed by atoms with Crippen molar-refractivity contribution in [2.45, 2.75) is 29.9 Å². The molecule has 0 amide bonds. The molecule has 1 rings (SSSR count). The van der Waals surface area contributed by atoms with Crippen LogP contribution in [0.4, 0.5) is 0 Å². The number of rotatable bonds is 3. The van der Waals surface area contributed by atoms with Crippen molar-refractivity contribution in [2.24, 2.45) is 0 Å². The molecule has 1 saturated heterocycles. The summed E-state index contributed by atoms with van der Waals surface area (Å²) in [5.41, 5.74) is -0.805. The zero-order valence-corrected chi connectivity index (χ0v) is 8.67. The van der Waals surface area contributed by atoms with Crippen molar-refractivity contribution < 1.29 is 25.2 Å². The van der Waals surface area contributed by atoms with Gasteiger partial charge in [0.1, 0.15) is 29.9 Å². The highest BCUT2D eigenvalue weighted by atomic mass is 32.2. The lowest BCUT2D eigenvalue weighted by Crippen LogP contribution is -2.57. The molecule has 1 aliphatic rings. The van der Waals surface area contributed by atoms with Crippen LogP contribution in [0.5, 0.6) is 0 Å². The van der Waals surface area contributed by atoms with Gasteiger partial charge < -0.3 is 25.2 Å². The summed E-state index contributed by atoms with van der Waals surface area (Å²) in [5, 5.41) is 45.5. The molecule has 0 aliphatic carbocycles. The normalized spacial score (nSPS) is 41.1. The Balaban J connectivity index is 2.62. The van der Waals surface area contributed by atoms with Gasteiger partial charge in [-0.3, -0.25) is 0 Å². The monoisotopic (exact) mass is 235 g/mol. The minimum Gasteiger partial charge on any atom is -0.394 e. The van der Waals surface area contributed by atoms with Crippen molar-refractivity contribution >= 4 is 11.8 Å². The first kappa shape index (κ1) is 12.7. The van der Waals surface area contributed by atoms with Gasteiger partial charge in [-0.15, -0.1) is 11.8 Å². The van der Waals surface area contributed by atoms with Crippen LogP contribution in [0.1, 0.15) is 0 Å². The summed E-state index contributed by atoms with van der Waals surface area (Å²) in [6.45, 7) is -0.450. The van der Waals surface area contributed by atoms with Gasteiger partial charge in [-0.25, -0.2) is 0 Å². The molecular formula is C8H13NO5S. The first-order valence-corrected chi connectivity index (χ1v) is 5.45. The van der Waals surface area contributed by atoms with Crippen LogP contribution in [0, 0.1) is 11.3 Å². The standard InChI is InChI=1S/C8H13NO5S/c9-1-2-15-8-7(13)6(12)5(11)4(3-10)14-8/h4-8,10-13H,2-3H2/t4-,5-,6+,7+,8?/m1/s1. The van der Waals surface area contributed by atoms with Crippen LogP contribution in [0.3, 0.4) is 0 Å². The summed E-state index contributed by atoms with van der Waals surface area (Å²) in [7, 11) is 0. The minimum absolute atomic E-state index is 0.0999. The Labute approximate surface area is 91.1 Å². The Morgan fingerprint density at radius 3 is 2.40 bits per heavy atom. The molecule has 1 aliphatic heterocycles. The average molecular weight is 235 g/mol. The summed E-state index contributed by atoms with van der Waals surface area (Å²) >= 11 is 1.01. The Hall–Kier alpha value is -0.360. The third kappa shape index (κ3) is 2.81. The maximum Gasteiger partial charge on any atom is 0.133 e. The van der Waals surface area contributed by atoms with E-state index in [0.29, 0.717) is 0 Å². The summed E-state index contributed by atoms with van der Waals surface area (Å²) < 4.78 is 5.13. The number of aliphatic hydroxyl groups excluding tert-OH is 4. The van der Waals surface area contributed by atoms with E-state index in [1.54, 1.807) is 0 Å². The van der Waals surface area contributed by atoms with E-state index in [-0.39, 0.29) is 5.75 Å². The average Bonchev–Trinajstić information content (AvgIpc) is 2.25. The van der Waals surface area contributed by atoms with Crippen LogP contribution >= 0.6 is 11.8 Å². The molecule has 1 fully saturated rings. The highest BCUT2D eigenvalue weighted by Gasteiger charge is 2.43. The summed E-state index contributed by atoms with van der Waals surface area (Å²) in [5.74, 6) is 0.0999. The zero-order valence-electron chi connectivity index (χ0n) is 7.85. The number of nitrogens with zero attached hydrogens (tertiary/aromatic N) is 1. The van der Waals surface area contributed by atoms with E-state index in [1.165, 1.54) is 0 Å². The molecule has 0 aromatic carbocycles. The first-order chi connectivity index (χ1) is 7.11. The fraction of sp³-hybridized carbons (Fsp3) is 0.875. The van der Waals surface area contributed by atoms with Gasteiger partial charge in [0.15, 0.2) is 0 Å². The third-order valence-corrected chi connectivity index (χ3v) is 3.17. The maximum absolute atomic E-state index is 9.50. The number of hydrogen-bond acceptors (Lipinski definition) is 7. The maximum atomic E-state index is 9.50. The summed E-state index contributed by atoms with van der Waals surface area (Å²) in [6, 6.07) is 1.86. The molecule has 15 heavy (non-hydrogen) atoms. The molecule has 0 bridgehead atoms. The lowest BCUT2D eigenvalue weighted by atomic mass is 10.0. The van der Waals surface area contributed by atoms with Crippen molar-refractivity contribution in [1.29, 1.82) is 5.26 Å². The summed E-state index contributed by atoms with van der Waals surface area (Å²) in [6.07, 6.45) is -4.88. The van der Waals surface area contributed by atoms with Crippen LogP contribution in [-0.4, -0.2) is 62.6 Å². The molecule has 6 nitrogen and oxygen atoms in total. The molecule has 0 saturated carbocycles. The molecule has 0 aromatic heterocycles. The molecule has 4 N–H and O–H groups in total. The van der Waals surface area contributed by atoms with Crippen molar-refractivity contribution in [3.8, 4) is 6.07 Å². The first-order valence-electron chi connectivity index (χ1n) is 4.41. The molecule has 0 aromatic rings. The molecule has 1 heterocycles. The Morgan fingerprint density at radius 1 is 1.20 bits per heavy atom. The van der Waals surface area contributed by atoms with Gasteiger partial charge in [0.2, 0.25) is 0 Å². The number of ether oxygens (including phenoxy) is 1. The number of nitriles is 1.